The lowest BCUT2D eigenvalue weighted by atomic mass is 9.92. The van der Waals surface area contributed by atoms with Crippen LogP contribution >= 0.6 is 0 Å². The fourth-order valence-corrected chi connectivity index (χ4v) is 4.35. The number of aliphatic carboxylic acids is 1. The zero-order valence-corrected chi connectivity index (χ0v) is 18.4. The van der Waals surface area contributed by atoms with Crippen molar-refractivity contribution in [1.29, 1.82) is 0 Å². The maximum absolute atomic E-state index is 12.8. The number of carbonyl (C=O) groups is 4. The van der Waals surface area contributed by atoms with E-state index in [-0.39, 0.29) is 36.7 Å². The first-order chi connectivity index (χ1) is 15.4. The van der Waals surface area contributed by atoms with Crippen LogP contribution in [0, 0.1) is 11.8 Å². The van der Waals surface area contributed by atoms with Crippen LogP contribution in [0.1, 0.15) is 32.1 Å². The first-order valence-electron chi connectivity index (χ1n) is 11.1. The van der Waals surface area contributed by atoms with Crippen molar-refractivity contribution in [3.8, 4) is 0 Å². The van der Waals surface area contributed by atoms with Crippen LogP contribution in [0.2, 0.25) is 0 Å². The number of carboxylic acid groups (broad SMARTS) is 1. The standard InChI is InChI=1S/C22H31N5O5/c1-23-22(32)27(9-2-14-28)18-3-4-19(24-15-18)25-10-5-16(6-11-25)20(29)26-12-7-17(8-13-26)21(30)31/h3-4,14-17H,2,5-13H2,1H3,(H,23,32)(H,30,31). The second kappa shape index (κ2) is 10.9. The molecule has 1 aromatic rings. The molecule has 2 aliphatic heterocycles. The van der Waals surface area contributed by atoms with Crippen molar-refractivity contribution >= 4 is 35.7 Å². The highest BCUT2D eigenvalue weighted by atomic mass is 16.4. The van der Waals surface area contributed by atoms with Crippen LogP contribution in [-0.4, -0.2) is 79.0 Å². The summed E-state index contributed by atoms with van der Waals surface area (Å²) in [4.78, 5) is 56.7. The van der Waals surface area contributed by atoms with E-state index < -0.39 is 5.97 Å². The lowest BCUT2D eigenvalue weighted by Gasteiger charge is -2.37. The first-order valence-corrected chi connectivity index (χ1v) is 11.1. The number of likely N-dealkylation sites (tertiary alicyclic amines) is 1. The number of carboxylic acids is 1. The number of nitrogens with zero attached hydrogens (tertiary/aromatic N) is 4. The summed E-state index contributed by atoms with van der Waals surface area (Å²) < 4.78 is 0. The number of nitrogens with one attached hydrogen (secondary N) is 1. The van der Waals surface area contributed by atoms with E-state index in [9.17, 15) is 19.2 Å². The van der Waals surface area contributed by atoms with E-state index in [0.717, 1.165) is 24.9 Å². The van der Waals surface area contributed by atoms with E-state index in [0.29, 0.717) is 44.7 Å². The minimum Gasteiger partial charge on any atom is -0.481 e. The van der Waals surface area contributed by atoms with Gasteiger partial charge in [-0.15, -0.1) is 0 Å². The summed E-state index contributed by atoms with van der Waals surface area (Å²) in [6.45, 7) is 2.73. The van der Waals surface area contributed by atoms with Crippen molar-refractivity contribution < 1.29 is 24.3 Å². The zero-order valence-electron chi connectivity index (χ0n) is 18.4. The number of aromatic nitrogens is 1. The van der Waals surface area contributed by atoms with Crippen molar-refractivity contribution in [2.45, 2.75) is 32.1 Å². The summed E-state index contributed by atoms with van der Waals surface area (Å²) in [6, 6.07) is 3.37. The second-order valence-electron chi connectivity index (χ2n) is 8.24. The molecule has 0 aliphatic carbocycles. The zero-order chi connectivity index (χ0) is 23.1. The number of rotatable bonds is 7. The summed E-state index contributed by atoms with van der Waals surface area (Å²) in [5, 5.41) is 11.7. The van der Waals surface area contributed by atoms with Crippen molar-refractivity contribution in [1.82, 2.24) is 15.2 Å². The Balaban J connectivity index is 1.53. The lowest BCUT2D eigenvalue weighted by molar-refractivity contribution is -0.147. The Morgan fingerprint density at radius 1 is 1.12 bits per heavy atom. The molecule has 10 nitrogen and oxygen atoms in total. The molecular weight excluding hydrogens is 414 g/mol. The van der Waals surface area contributed by atoms with Gasteiger partial charge in [-0.1, -0.05) is 0 Å². The molecule has 0 unspecified atom stereocenters. The smallest absolute Gasteiger partial charge is 0.321 e. The Morgan fingerprint density at radius 3 is 2.31 bits per heavy atom. The number of anilines is 2. The minimum absolute atomic E-state index is 0.0426. The van der Waals surface area contributed by atoms with Gasteiger partial charge in [0.15, 0.2) is 0 Å². The first kappa shape index (κ1) is 23.5. The quantitative estimate of drug-likeness (QED) is 0.608. The average Bonchev–Trinajstić information content (AvgIpc) is 2.84. The summed E-state index contributed by atoms with van der Waals surface area (Å²) in [7, 11) is 1.54. The third kappa shape index (κ3) is 5.54. The fraction of sp³-hybridized carbons (Fsp3) is 0.591. The van der Waals surface area contributed by atoms with Crippen LogP contribution in [0.15, 0.2) is 18.3 Å². The van der Waals surface area contributed by atoms with Gasteiger partial charge in [0, 0.05) is 52.1 Å². The third-order valence-corrected chi connectivity index (χ3v) is 6.30. The molecule has 2 aliphatic rings. The third-order valence-electron chi connectivity index (χ3n) is 6.30. The van der Waals surface area contributed by atoms with Crippen molar-refractivity contribution in [3.05, 3.63) is 18.3 Å². The van der Waals surface area contributed by atoms with E-state index in [1.54, 1.807) is 6.20 Å². The highest BCUT2D eigenvalue weighted by Crippen LogP contribution is 2.27. The van der Waals surface area contributed by atoms with Gasteiger partial charge in [0.05, 0.1) is 17.8 Å². The van der Waals surface area contributed by atoms with Crippen LogP contribution in [0.25, 0.3) is 0 Å². The SMILES string of the molecule is CNC(=O)N(CCC=O)c1ccc(N2CCC(C(=O)N3CCC(C(=O)O)CC3)CC2)nc1. The van der Waals surface area contributed by atoms with Gasteiger partial charge in [-0.3, -0.25) is 14.5 Å². The van der Waals surface area contributed by atoms with Crippen molar-refractivity contribution in [2.24, 2.45) is 11.8 Å². The maximum atomic E-state index is 12.8. The van der Waals surface area contributed by atoms with Crippen LogP contribution in [0.5, 0.6) is 0 Å². The highest BCUT2D eigenvalue weighted by Gasteiger charge is 2.32. The molecule has 0 bridgehead atoms. The molecular formula is C22H31N5O5. The Morgan fingerprint density at radius 2 is 1.78 bits per heavy atom. The molecule has 2 fully saturated rings. The van der Waals surface area contributed by atoms with Gasteiger partial charge in [-0.2, -0.15) is 0 Å². The molecule has 174 valence electrons. The Labute approximate surface area is 187 Å². The van der Waals surface area contributed by atoms with Gasteiger partial charge in [0.25, 0.3) is 0 Å². The number of hydrogen-bond acceptors (Lipinski definition) is 6. The average molecular weight is 446 g/mol. The lowest BCUT2D eigenvalue weighted by Crippen LogP contribution is -2.46. The predicted molar refractivity (Wildman–Crippen MR) is 119 cm³/mol. The minimum atomic E-state index is -0.772. The van der Waals surface area contributed by atoms with E-state index in [1.165, 1.54) is 11.9 Å². The van der Waals surface area contributed by atoms with Gasteiger partial charge in [0.1, 0.15) is 12.1 Å². The van der Waals surface area contributed by atoms with Gasteiger partial charge in [-0.05, 0) is 37.8 Å². The van der Waals surface area contributed by atoms with E-state index in [2.05, 4.69) is 15.2 Å². The Hall–Kier alpha value is -3.17. The number of hydrogen-bond donors (Lipinski definition) is 2. The molecule has 3 rings (SSSR count). The second-order valence-corrected chi connectivity index (χ2v) is 8.24. The Kier molecular flexibility index (Phi) is 8.02. The summed E-state index contributed by atoms with van der Waals surface area (Å²) in [5.74, 6) is -0.236. The molecule has 0 radical (unpaired) electrons. The maximum Gasteiger partial charge on any atom is 0.321 e. The van der Waals surface area contributed by atoms with Gasteiger partial charge in [-0.25, -0.2) is 9.78 Å². The van der Waals surface area contributed by atoms with Gasteiger partial charge >= 0.3 is 12.0 Å². The van der Waals surface area contributed by atoms with E-state index in [4.69, 9.17) is 5.11 Å². The van der Waals surface area contributed by atoms with Crippen molar-refractivity contribution in [2.75, 3.05) is 49.6 Å². The number of carbonyl (C=O) groups excluding carboxylic acids is 3. The number of piperidine rings is 2. The van der Waals surface area contributed by atoms with Crippen LogP contribution in [0.3, 0.4) is 0 Å². The molecule has 32 heavy (non-hydrogen) atoms. The largest absolute Gasteiger partial charge is 0.481 e. The number of aldehydes is 1. The molecule has 3 amide bonds. The molecule has 2 saturated heterocycles. The number of urea groups is 1. The van der Waals surface area contributed by atoms with Crippen LogP contribution < -0.4 is 15.1 Å². The molecule has 2 N–H and O–H groups in total. The summed E-state index contributed by atoms with van der Waals surface area (Å²) in [5.41, 5.74) is 0.616. The fourth-order valence-electron chi connectivity index (χ4n) is 4.35. The van der Waals surface area contributed by atoms with E-state index in [1.807, 2.05) is 17.0 Å². The van der Waals surface area contributed by atoms with Crippen LogP contribution in [0.4, 0.5) is 16.3 Å². The molecule has 0 aromatic carbocycles. The molecule has 0 atom stereocenters. The topological polar surface area (TPSA) is 123 Å². The monoisotopic (exact) mass is 445 g/mol. The van der Waals surface area contributed by atoms with Gasteiger partial charge in [0.2, 0.25) is 5.91 Å². The van der Waals surface area contributed by atoms with Crippen LogP contribution in [-0.2, 0) is 14.4 Å². The predicted octanol–water partition coefficient (Wildman–Crippen LogP) is 1.36. The summed E-state index contributed by atoms with van der Waals surface area (Å²) >= 11 is 0. The highest BCUT2D eigenvalue weighted by molar-refractivity contribution is 5.92. The normalized spacial score (nSPS) is 17.7. The number of amides is 3. The Bertz CT molecular complexity index is 815. The van der Waals surface area contributed by atoms with E-state index >= 15 is 0 Å². The molecule has 0 spiro atoms. The summed E-state index contributed by atoms with van der Waals surface area (Å²) in [6.07, 6.45) is 5.14. The van der Waals surface area contributed by atoms with Crippen molar-refractivity contribution in [3.63, 3.8) is 0 Å². The molecule has 3 heterocycles. The molecule has 1 aromatic heterocycles. The van der Waals surface area contributed by atoms with Gasteiger partial charge < -0.3 is 25.0 Å². The number of pyridine rings is 1. The molecule has 10 heteroatoms. The molecule has 0 saturated carbocycles.